The van der Waals surface area contributed by atoms with Crippen LogP contribution in [0.15, 0.2) is 6.20 Å². The van der Waals surface area contributed by atoms with E-state index in [4.69, 9.17) is 9.47 Å². The van der Waals surface area contributed by atoms with E-state index in [0.717, 1.165) is 35.4 Å². The first-order valence-electron chi connectivity index (χ1n) is 6.72. The number of hydrogen-bond acceptors (Lipinski definition) is 4. The summed E-state index contributed by atoms with van der Waals surface area (Å²) in [7, 11) is 3.30. The zero-order valence-electron chi connectivity index (χ0n) is 12.2. The first-order chi connectivity index (χ1) is 9.01. The molecule has 4 heteroatoms. The Bertz CT molecular complexity index is 457. The summed E-state index contributed by atoms with van der Waals surface area (Å²) in [4.78, 5) is 4.47. The highest BCUT2D eigenvalue weighted by Gasteiger charge is 2.44. The monoisotopic (exact) mass is 265 g/mol. The number of aliphatic hydroxyl groups is 1. The Morgan fingerprint density at radius 1 is 1.37 bits per heavy atom. The number of nitrogens with zero attached hydrogens (tertiary/aromatic N) is 1. The Labute approximate surface area is 114 Å². The van der Waals surface area contributed by atoms with E-state index in [-0.39, 0.29) is 0 Å². The highest BCUT2D eigenvalue weighted by molar-refractivity contribution is 5.41. The van der Waals surface area contributed by atoms with Gasteiger partial charge in [-0.3, -0.25) is 4.98 Å². The van der Waals surface area contributed by atoms with Crippen molar-refractivity contribution < 1.29 is 14.6 Å². The normalized spacial score (nSPS) is 18.2. The lowest BCUT2D eigenvalue weighted by Crippen LogP contribution is -2.39. The van der Waals surface area contributed by atoms with E-state index in [0.29, 0.717) is 18.9 Å². The van der Waals surface area contributed by atoms with Gasteiger partial charge in [0, 0.05) is 36.5 Å². The third kappa shape index (κ3) is 2.90. The quantitative estimate of drug-likeness (QED) is 0.855. The first-order valence-corrected chi connectivity index (χ1v) is 6.72. The summed E-state index contributed by atoms with van der Waals surface area (Å²) in [6, 6.07) is 0. The van der Waals surface area contributed by atoms with E-state index >= 15 is 0 Å². The number of pyridine rings is 1. The summed E-state index contributed by atoms with van der Waals surface area (Å²) in [6.45, 7) is 4.33. The van der Waals surface area contributed by atoms with Gasteiger partial charge in [-0.25, -0.2) is 0 Å². The maximum absolute atomic E-state index is 10.8. The number of aryl methyl sites for hydroxylation is 1. The maximum atomic E-state index is 10.8. The van der Waals surface area contributed by atoms with Crippen LogP contribution in [0.2, 0.25) is 0 Å². The third-order valence-corrected chi connectivity index (χ3v) is 3.95. The van der Waals surface area contributed by atoms with Crippen LogP contribution in [-0.4, -0.2) is 36.5 Å². The van der Waals surface area contributed by atoms with Crippen molar-refractivity contribution in [2.24, 2.45) is 5.92 Å². The van der Waals surface area contributed by atoms with Crippen molar-refractivity contribution in [1.82, 2.24) is 4.98 Å². The Morgan fingerprint density at radius 3 is 2.58 bits per heavy atom. The van der Waals surface area contributed by atoms with Gasteiger partial charge in [-0.15, -0.1) is 0 Å². The summed E-state index contributed by atoms with van der Waals surface area (Å²) in [5, 5.41) is 10.8. The van der Waals surface area contributed by atoms with Crippen LogP contribution in [0.25, 0.3) is 0 Å². The molecule has 0 spiro atoms. The van der Waals surface area contributed by atoms with Crippen LogP contribution in [0.5, 0.6) is 5.75 Å². The number of ether oxygens (including phenoxy) is 2. The molecule has 0 saturated heterocycles. The van der Waals surface area contributed by atoms with Crippen molar-refractivity contribution in [1.29, 1.82) is 0 Å². The van der Waals surface area contributed by atoms with Crippen LogP contribution >= 0.6 is 0 Å². The molecule has 0 aromatic carbocycles. The van der Waals surface area contributed by atoms with Crippen LogP contribution in [0.3, 0.4) is 0 Å². The van der Waals surface area contributed by atoms with Gasteiger partial charge in [-0.1, -0.05) is 0 Å². The summed E-state index contributed by atoms with van der Waals surface area (Å²) < 4.78 is 10.6. The molecule has 0 amide bonds. The number of methoxy groups -OCH3 is 2. The van der Waals surface area contributed by atoms with Crippen LogP contribution in [0.1, 0.15) is 29.7 Å². The fourth-order valence-electron chi connectivity index (χ4n) is 2.72. The van der Waals surface area contributed by atoms with Gasteiger partial charge >= 0.3 is 0 Å². The van der Waals surface area contributed by atoms with Crippen LogP contribution in [0.4, 0.5) is 0 Å². The van der Waals surface area contributed by atoms with Crippen molar-refractivity contribution in [2.45, 2.75) is 38.7 Å². The molecule has 1 aromatic rings. The topological polar surface area (TPSA) is 51.6 Å². The number of aromatic nitrogens is 1. The molecule has 1 aromatic heterocycles. The molecule has 1 unspecified atom stereocenters. The Morgan fingerprint density at radius 2 is 2.05 bits per heavy atom. The SMILES string of the molecule is COCC(O)(Cc1ncc(C)c(OC)c1C)C1CC1. The van der Waals surface area contributed by atoms with Gasteiger partial charge in [-0.05, 0) is 32.6 Å². The zero-order chi connectivity index (χ0) is 14.0. The highest BCUT2D eigenvalue weighted by atomic mass is 16.5. The lowest BCUT2D eigenvalue weighted by atomic mass is 9.90. The predicted octanol–water partition coefficient (Wildman–Crippen LogP) is 2.04. The predicted molar refractivity (Wildman–Crippen MR) is 73.5 cm³/mol. The standard InChI is InChI=1S/C15H23NO3/c1-10-8-16-13(11(2)14(10)19-4)7-15(17,9-18-3)12-5-6-12/h8,12,17H,5-7,9H2,1-4H3. The molecule has 1 atom stereocenters. The lowest BCUT2D eigenvalue weighted by molar-refractivity contribution is -0.0481. The summed E-state index contributed by atoms with van der Waals surface area (Å²) >= 11 is 0. The van der Waals surface area contributed by atoms with Crippen LogP contribution in [0, 0.1) is 19.8 Å². The van der Waals surface area contributed by atoms with Gasteiger partial charge in [-0.2, -0.15) is 0 Å². The molecule has 0 bridgehead atoms. The second-order valence-electron chi connectivity index (χ2n) is 5.53. The molecule has 1 saturated carbocycles. The van der Waals surface area contributed by atoms with Crippen molar-refractivity contribution in [3.63, 3.8) is 0 Å². The molecular weight excluding hydrogens is 242 g/mol. The molecule has 19 heavy (non-hydrogen) atoms. The molecule has 1 fully saturated rings. The smallest absolute Gasteiger partial charge is 0.128 e. The molecule has 4 nitrogen and oxygen atoms in total. The van der Waals surface area contributed by atoms with Crippen molar-refractivity contribution >= 4 is 0 Å². The summed E-state index contributed by atoms with van der Waals surface area (Å²) in [6.07, 6.45) is 4.47. The van der Waals surface area contributed by atoms with Crippen LogP contribution < -0.4 is 4.74 Å². The highest BCUT2D eigenvalue weighted by Crippen LogP contribution is 2.42. The average molecular weight is 265 g/mol. The van der Waals surface area contributed by atoms with Gasteiger partial charge in [0.1, 0.15) is 5.75 Å². The van der Waals surface area contributed by atoms with Gasteiger partial charge in [0.05, 0.1) is 19.3 Å². The van der Waals surface area contributed by atoms with Gasteiger partial charge < -0.3 is 14.6 Å². The number of hydrogen-bond donors (Lipinski definition) is 1. The van der Waals surface area contributed by atoms with Gasteiger partial charge in [0.15, 0.2) is 0 Å². The minimum absolute atomic E-state index is 0.334. The van der Waals surface area contributed by atoms with Crippen molar-refractivity contribution in [3.05, 3.63) is 23.0 Å². The molecular formula is C15H23NO3. The maximum Gasteiger partial charge on any atom is 0.128 e. The fourth-order valence-corrected chi connectivity index (χ4v) is 2.72. The Hall–Kier alpha value is -1.13. The minimum Gasteiger partial charge on any atom is -0.496 e. The van der Waals surface area contributed by atoms with E-state index in [9.17, 15) is 5.11 Å². The largest absolute Gasteiger partial charge is 0.496 e. The lowest BCUT2D eigenvalue weighted by Gasteiger charge is -2.28. The average Bonchev–Trinajstić information content (AvgIpc) is 3.18. The van der Waals surface area contributed by atoms with E-state index < -0.39 is 5.60 Å². The summed E-state index contributed by atoms with van der Waals surface area (Å²) in [5.41, 5.74) is 2.13. The second-order valence-corrected chi connectivity index (χ2v) is 5.53. The molecule has 1 N–H and O–H groups in total. The van der Waals surface area contributed by atoms with Crippen molar-refractivity contribution in [2.75, 3.05) is 20.8 Å². The molecule has 1 aliphatic carbocycles. The van der Waals surface area contributed by atoms with E-state index in [1.54, 1.807) is 20.4 Å². The third-order valence-electron chi connectivity index (χ3n) is 3.95. The zero-order valence-corrected chi connectivity index (χ0v) is 12.2. The second kappa shape index (κ2) is 5.47. The Kier molecular flexibility index (Phi) is 4.11. The van der Waals surface area contributed by atoms with E-state index in [1.807, 2.05) is 13.8 Å². The molecule has 0 aliphatic heterocycles. The van der Waals surface area contributed by atoms with E-state index in [1.165, 1.54) is 0 Å². The minimum atomic E-state index is -0.799. The summed E-state index contributed by atoms with van der Waals surface area (Å²) in [5.74, 6) is 1.20. The van der Waals surface area contributed by atoms with Crippen molar-refractivity contribution in [3.8, 4) is 5.75 Å². The molecule has 0 radical (unpaired) electrons. The van der Waals surface area contributed by atoms with Crippen LogP contribution in [-0.2, 0) is 11.2 Å². The number of rotatable bonds is 6. The Balaban J connectivity index is 2.27. The fraction of sp³-hybridized carbons (Fsp3) is 0.667. The first kappa shape index (κ1) is 14.3. The molecule has 1 aliphatic rings. The molecule has 106 valence electrons. The molecule has 1 heterocycles. The van der Waals surface area contributed by atoms with E-state index in [2.05, 4.69) is 4.98 Å². The molecule has 2 rings (SSSR count). The van der Waals surface area contributed by atoms with Gasteiger partial charge in [0.2, 0.25) is 0 Å². The van der Waals surface area contributed by atoms with Gasteiger partial charge in [0.25, 0.3) is 0 Å².